The lowest BCUT2D eigenvalue weighted by Crippen LogP contribution is -2.27. The van der Waals surface area contributed by atoms with E-state index in [1.54, 1.807) is 12.1 Å². The van der Waals surface area contributed by atoms with Crippen molar-refractivity contribution in [2.75, 3.05) is 17.1 Å². The molecule has 0 amide bonds. The van der Waals surface area contributed by atoms with Gasteiger partial charge in [-0.05, 0) is 25.1 Å². The molecule has 7 nitrogen and oxygen atoms in total. The lowest BCUT2D eigenvalue weighted by atomic mass is 10.2. The van der Waals surface area contributed by atoms with Gasteiger partial charge in [0.1, 0.15) is 5.69 Å². The highest BCUT2D eigenvalue weighted by Gasteiger charge is 2.25. The Kier molecular flexibility index (Phi) is 4.05. The number of rotatable bonds is 4. The van der Waals surface area contributed by atoms with Crippen LogP contribution < -0.4 is 10.0 Å². The van der Waals surface area contributed by atoms with Crippen molar-refractivity contribution in [2.45, 2.75) is 11.8 Å². The molecule has 0 spiro atoms. The van der Waals surface area contributed by atoms with E-state index in [1.807, 2.05) is 6.92 Å². The summed E-state index contributed by atoms with van der Waals surface area (Å²) in [7, 11) is -2.53. The molecule has 0 aliphatic carbocycles. The first kappa shape index (κ1) is 15.8. The van der Waals surface area contributed by atoms with Gasteiger partial charge in [0.05, 0.1) is 15.5 Å². The highest BCUT2D eigenvalue weighted by atomic mass is 32.2. The van der Waals surface area contributed by atoms with Crippen LogP contribution in [0.4, 0.5) is 17.1 Å². The van der Waals surface area contributed by atoms with Crippen LogP contribution in [-0.2, 0) is 10.0 Å². The third-order valence-corrected chi connectivity index (χ3v) is 5.06. The summed E-state index contributed by atoms with van der Waals surface area (Å²) in [5, 5.41) is 10.9. The molecule has 0 unspecified atom stereocenters. The molecule has 0 aliphatic rings. The van der Waals surface area contributed by atoms with E-state index in [9.17, 15) is 18.5 Å². The molecule has 8 heteroatoms. The summed E-state index contributed by atoms with van der Waals surface area (Å²) in [6, 6.07) is 10.4. The highest BCUT2D eigenvalue weighted by molar-refractivity contribution is 7.92. The quantitative estimate of drug-likeness (QED) is 0.528. The Hall–Kier alpha value is -2.61. The SMILES string of the molecule is Cc1ccc(S(=O)(=O)N(C)c2cccc([N+](=O)[O-])c2N)cc1. The summed E-state index contributed by atoms with van der Waals surface area (Å²) >= 11 is 0. The van der Waals surface area contributed by atoms with Crippen molar-refractivity contribution in [3.63, 3.8) is 0 Å². The molecule has 0 aromatic heterocycles. The van der Waals surface area contributed by atoms with Gasteiger partial charge in [0.25, 0.3) is 15.7 Å². The number of hydrogen-bond donors (Lipinski definition) is 1. The number of nitrogens with two attached hydrogens (primary N) is 1. The fourth-order valence-corrected chi connectivity index (χ4v) is 3.19. The minimum absolute atomic E-state index is 0.0646. The Bertz CT molecular complexity index is 816. The lowest BCUT2D eigenvalue weighted by Gasteiger charge is -2.21. The minimum Gasteiger partial charge on any atom is -0.391 e. The van der Waals surface area contributed by atoms with Crippen LogP contribution >= 0.6 is 0 Å². The van der Waals surface area contributed by atoms with Gasteiger partial charge in [-0.25, -0.2) is 8.42 Å². The molecular formula is C14H15N3O4S. The van der Waals surface area contributed by atoms with Crippen LogP contribution in [0.5, 0.6) is 0 Å². The molecule has 0 radical (unpaired) electrons. The average molecular weight is 321 g/mol. The maximum Gasteiger partial charge on any atom is 0.294 e. The van der Waals surface area contributed by atoms with Crippen molar-refractivity contribution in [3.8, 4) is 0 Å². The molecule has 0 saturated heterocycles. The van der Waals surface area contributed by atoms with Crippen LogP contribution in [0.25, 0.3) is 0 Å². The number of nitro benzene ring substituents is 1. The van der Waals surface area contributed by atoms with E-state index >= 15 is 0 Å². The Balaban J connectivity index is 2.52. The summed E-state index contributed by atoms with van der Waals surface area (Å²) in [5.41, 5.74) is 6.21. The number of anilines is 2. The lowest BCUT2D eigenvalue weighted by molar-refractivity contribution is -0.383. The van der Waals surface area contributed by atoms with E-state index < -0.39 is 14.9 Å². The fourth-order valence-electron chi connectivity index (χ4n) is 1.97. The average Bonchev–Trinajstić information content (AvgIpc) is 2.47. The molecule has 2 rings (SSSR count). The summed E-state index contributed by atoms with van der Waals surface area (Å²) in [6.45, 7) is 1.85. The number of sulfonamides is 1. The number of nitrogens with zero attached hydrogens (tertiary/aromatic N) is 2. The van der Waals surface area contributed by atoms with Gasteiger partial charge in [-0.3, -0.25) is 14.4 Å². The van der Waals surface area contributed by atoms with Crippen molar-refractivity contribution in [1.29, 1.82) is 0 Å². The number of nitro groups is 1. The molecule has 0 heterocycles. The van der Waals surface area contributed by atoms with Crippen LogP contribution in [0, 0.1) is 17.0 Å². The Morgan fingerprint density at radius 3 is 2.27 bits per heavy atom. The molecular weight excluding hydrogens is 306 g/mol. The molecule has 2 aromatic rings. The number of nitrogen functional groups attached to an aromatic ring is 1. The van der Waals surface area contributed by atoms with Gasteiger partial charge in [0.2, 0.25) is 0 Å². The van der Waals surface area contributed by atoms with E-state index in [0.29, 0.717) is 0 Å². The van der Waals surface area contributed by atoms with Crippen molar-refractivity contribution in [2.24, 2.45) is 0 Å². The minimum atomic E-state index is -3.84. The molecule has 0 fully saturated rings. The standard InChI is InChI=1S/C14H15N3O4S/c1-10-6-8-11(9-7-10)22(20,21)16(2)12-4-3-5-13(14(12)15)17(18)19/h3-9H,15H2,1-2H3. The summed E-state index contributed by atoms with van der Waals surface area (Å²) in [6.07, 6.45) is 0. The van der Waals surface area contributed by atoms with E-state index in [4.69, 9.17) is 5.73 Å². The largest absolute Gasteiger partial charge is 0.391 e. The molecule has 116 valence electrons. The molecule has 0 atom stereocenters. The zero-order chi connectivity index (χ0) is 16.5. The van der Waals surface area contributed by atoms with E-state index in [2.05, 4.69) is 0 Å². The normalized spacial score (nSPS) is 11.2. The van der Waals surface area contributed by atoms with Gasteiger partial charge in [-0.2, -0.15) is 0 Å². The number of para-hydroxylation sites is 1. The van der Waals surface area contributed by atoms with Gasteiger partial charge in [0.15, 0.2) is 0 Å². The zero-order valence-corrected chi connectivity index (χ0v) is 12.9. The van der Waals surface area contributed by atoms with Crippen LogP contribution in [0.2, 0.25) is 0 Å². The van der Waals surface area contributed by atoms with Crippen molar-refractivity contribution >= 4 is 27.1 Å². The fraction of sp³-hybridized carbons (Fsp3) is 0.143. The molecule has 22 heavy (non-hydrogen) atoms. The van der Waals surface area contributed by atoms with Gasteiger partial charge in [-0.15, -0.1) is 0 Å². The van der Waals surface area contributed by atoms with Gasteiger partial charge in [-0.1, -0.05) is 23.8 Å². The van der Waals surface area contributed by atoms with Crippen molar-refractivity contribution in [1.82, 2.24) is 0 Å². The molecule has 2 aromatic carbocycles. The highest BCUT2D eigenvalue weighted by Crippen LogP contribution is 2.33. The zero-order valence-electron chi connectivity index (χ0n) is 12.1. The Labute approximate surface area is 128 Å². The number of hydrogen-bond acceptors (Lipinski definition) is 5. The third-order valence-electron chi connectivity index (χ3n) is 3.28. The van der Waals surface area contributed by atoms with Crippen LogP contribution in [-0.4, -0.2) is 20.4 Å². The second kappa shape index (κ2) is 5.64. The van der Waals surface area contributed by atoms with Crippen LogP contribution in [0.1, 0.15) is 5.56 Å². The summed E-state index contributed by atoms with van der Waals surface area (Å²) in [5.74, 6) is 0. The first-order valence-corrected chi connectivity index (χ1v) is 7.77. The smallest absolute Gasteiger partial charge is 0.294 e. The van der Waals surface area contributed by atoms with Crippen LogP contribution in [0.3, 0.4) is 0 Å². The first-order chi connectivity index (χ1) is 10.2. The second-order valence-corrected chi connectivity index (χ2v) is 6.72. The van der Waals surface area contributed by atoms with Gasteiger partial charge < -0.3 is 5.73 Å². The van der Waals surface area contributed by atoms with Crippen LogP contribution in [0.15, 0.2) is 47.4 Å². The van der Waals surface area contributed by atoms with Crippen molar-refractivity contribution in [3.05, 3.63) is 58.1 Å². The second-order valence-electron chi connectivity index (χ2n) is 4.75. The predicted octanol–water partition coefficient (Wildman–Crippen LogP) is 2.31. The predicted molar refractivity (Wildman–Crippen MR) is 84.3 cm³/mol. The van der Waals surface area contributed by atoms with E-state index in [-0.39, 0.29) is 22.0 Å². The van der Waals surface area contributed by atoms with E-state index in [0.717, 1.165) is 9.87 Å². The number of aryl methyl sites for hydroxylation is 1. The topological polar surface area (TPSA) is 107 Å². The maximum absolute atomic E-state index is 12.6. The summed E-state index contributed by atoms with van der Waals surface area (Å²) < 4.78 is 26.1. The molecule has 2 N–H and O–H groups in total. The molecule has 0 bridgehead atoms. The Morgan fingerprint density at radius 1 is 1.14 bits per heavy atom. The Morgan fingerprint density at radius 2 is 1.73 bits per heavy atom. The molecule has 0 saturated carbocycles. The third kappa shape index (κ3) is 2.73. The van der Waals surface area contributed by atoms with Crippen molar-refractivity contribution < 1.29 is 13.3 Å². The molecule has 0 aliphatic heterocycles. The summed E-state index contributed by atoms with van der Waals surface area (Å²) in [4.78, 5) is 10.4. The first-order valence-electron chi connectivity index (χ1n) is 6.33. The van der Waals surface area contributed by atoms with E-state index in [1.165, 1.54) is 37.4 Å². The monoisotopic (exact) mass is 321 g/mol. The van der Waals surface area contributed by atoms with Gasteiger partial charge >= 0.3 is 0 Å². The van der Waals surface area contributed by atoms with Gasteiger partial charge in [0, 0.05) is 13.1 Å². The maximum atomic E-state index is 12.6. The number of benzene rings is 2.